The molecule has 1 aromatic rings. The number of nitrogens with one attached hydrogen (secondary N) is 1. The fourth-order valence-electron chi connectivity index (χ4n) is 2.68. The van der Waals surface area contributed by atoms with Crippen molar-refractivity contribution in [2.24, 2.45) is 5.41 Å². The van der Waals surface area contributed by atoms with Crippen molar-refractivity contribution in [1.29, 1.82) is 0 Å². The van der Waals surface area contributed by atoms with Crippen molar-refractivity contribution in [3.8, 4) is 0 Å². The molecule has 18 heavy (non-hydrogen) atoms. The smallest absolute Gasteiger partial charge is 0.313 e. The highest BCUT2D eigenvalue weighted by Crippen LogP contribution is 2.38. The van der Waals surface area contributed by atoms with Crippen LogP contribution in [-0.2, 0) is 6.54 Å². The fraction of sp³-hybridized carbons (Fsp3) is 0.615. The Kier molecular flexibility index (Phi) is 3.24. The van der Waals surface area contributed by atoms with Gasteiger partial charge in [0, 0.05) is 12.7 Å². The molecular weight excluding hydrogens is 232 g/mol. The lowest BCUT2D eigenvalue weighted by atomic mass is 9.89. The summed E-state index contributed by atoms with van der Waals surface area (Å²) in [5, 5.41) is 0. The number of hydrogen-bond acceptors (Lipinski definition) is 3. The molecular formula is C13H18N2O3. The largest absolute Gasteiger partial charge is 0.328 e. The summed E-state index contributed by atoms with van der Waals surface area (Å²) in [6.07, 6.45) is 5.51. The van der Waals surface area contributed by atoms with E-state index in [9.17, 15) is 14.4 Å². The molecule has 0 aliphatic heterocycles. The number of hydrogen-bond donors (Lipinski definition) is 1. The van der Waals surface area contributed by atoms with E-state index in [4.69, 9.17) is 0 Å². The van der Waals surface area contributed by atoms with Gasteiger partial charge in [0.15, 0.2) is 5.78 Å². The van der Waals surface area contributed by atoms with Crippen molar-refractivity contribution in [2.45, 2.75) is 46.1 Å². The third kappa shape index (κ3) is 2.30. The van der Waals surface area contributed by atoms with Gasteiger partial charge in [-0.15, -0.1) is 0 Å². The second kappa shape index (κ2) is 4.55. The van der Waals surface area contributed by atoms with E-state index in [0.29, 0.717) is 6.54 Å². The Morgan fingerprint density at radius 2 is 2.00 bits per heavy atom. The second-order valence-electron chi connectivity index (χ2n) is 5.47. The monoisotopic (exact) mass is 250 g/mol. The summed E-state index contributed by atoms with van der Waals surface area (Å²) >= 11 is 0. The molecule has 0 unspecified atom stereocenters. The van der Waals surface area contributed by atoms with Gasteiger partial charge in [-0.2, -0.15) is 0 Å². The van der Waals surface area contributed by atoms with Crippen molar-refractivity contribution in [3.63, 3.8) is 0 Å². The van der Waals surface area contributed by atoms with Crippen LogP contribution in [0, 0.1) is 5.41 Å². The van der Waals surface area contributed by atoms with Crippen LogP contribution in [0.5, 0.6) is 0 Å². The van der Waals surface area contributed by atoms with Crippen molar-refractivity contribution < 1.29 is 4.79 Å². The quantitative estimate of drug-likeness (QED) is 0.822. The molecule has 0 amide bonds. The maximum absolute atomic E-state index is 12.1. The molecule has 0 saturated heterocycles. The first-order valence-electron chi connectivity index (χ1n) is 6.26. The Balaban J connectivity index is 2.44. The highest BCUT2D eigenvalue weighted by atomic mass is 16.2. The molecule has 0 radical (unpaired) electrons. The SMILES string of the molecule is CC(=O)c1c[nH]c(=O)n(CC2(C)CCCC2)c1=O. The molecule has 0 spiro atoms. The topological polar surface area (TPSA) is 71.9 Å². The van der Waals surface area contributed by atoms with Gasteiger partial charge in [-0.05, 0) is 25.2 Å². The highest BCUT2D eigenvalue weighted by molar-refractivity contribution is 5.93. The van der Waals surface area contributed by atoms with Crippen molar-refractivity contribution >= 4 is 5.78 Å². The number of ketones is 1. The third-order valence-corrected chi connectivity index (χ3v) is 3.79. The summed E-state index contributed by atoms with van der Waals surface area (Å²) in [7, 11) is 0. The predicted molar refractivity (Wildman–Crippen MR) is 67.9 cm³/mol. The number of rotatable bonds is 3. The zero-order valence-electron chi connectivity index (χ0n) is 10.8. The van der Waals surface area contributed by atoms with Gasteiger partial charge in [0.2, 0.25) is 0 Å². The Hall–Kier alpha value is -1.65. The molecule has 1 N–H and O–H groups in total. The first-order chi connectivity index (χ1) is 8.43. The van der Waals surface area contributed by atoms with Crippen LogP contribution in [0.25, 0.3) is 0 Å². The molecule has 1 heterocycles. The van der Waals surface area contributed by atoms with E-state index in [0.717, 1.165) is 25.7 Å². The van der Waals surface area contributed by atoms with Crippen molar-refractivity contribution in [2.75, 3.05) is 0 Å². The number of aromatic nitrogens is 2. The van der Waals surface area contributed by atoms with Crippen LogP contribution in [0.1, 0.15) is 49.9 Å². The van der Waals surface area contributed by atoms with Crippen LogP contribution in [0.2, 0.25) is 0 Å². The van der Waals surface area contributed by atoms with Gasteiger partial charge in [0.1, 0.15) is 0 Å². The molecule has 5 nitrogen and oxygen atoms in total. The second-order valence-corrected chi connectivity index (χ2v) is 5.47. The number of carbonyl (C=O) groups excluding carboxylic acids is 1. The van der Waals surface area contributed by atoms with E-state index in [1.807, 2.05) is 0 Å². The minimum absolute atomic E-state index is 0.00770. The van der Waals surface area contributed by atoms with E-state index < -0.39 is 11.2 Å². The third-order valence-electron chi connectivity index (χ3n) is 3.79. The fourth-order valence-corrected chi connectivity index (χ4v) is 2.68. The summed E-state index contributed by atoms with van der Waals surface area (Å²) in [6.45, 7) is 3.81. The van der Waals surface area contributed by atoms with E-state index in [1.54, 1.807) is 0 Å². The van der Waals surface area contributed by atoms with Crippen LogP contribution in [-0.4, -0.2) is 15.3 Å². The minimum atomic E-state index is -0.473. The molecule has 5 heteroatoms. The molecule has 1 saturated carbocycles. The van der Waals surface area contributed by atoms with Gasteiger partial charge in [-0.1, -0.05) is 19.8 Å². The van der Waals surface area contributed by atoms with Gasteiger partial charge < -0.3 is 4.98 Å². The Morgan fingerprint density at radius 3 is 2.56 bits per heavy atom. The van der Waals surface area contributed by atoms with Crippen LogP contribution >= 0.6 is 0 Å². The number of carbonyl (C=O) groups is 1. The van der Waals surface area contributed by atoms with E-state index >= 15 is 0 Å². The molecule has 0 bridgehead atoms. The standard InChI is InChI=1S/C13H18N2O3/c1-9(16)10-7-14-12(18)15(11(10)17)8-13(2)5-3-4-6-13/h7H,3-6,8H2,1-2H3,(H,14,18). The average molecular weight is 250 g/mol. The summed E-state index contributed by atoms with van der Waals surface area (Å²) < 4.78 is 1.17. The number of aromatic amines is 1. The van der Waals surface area contributed by atoms with Crippen LogP contribution in [0.15, 0.2) is 15.8 Å². The summed E-state index contributed by atoms with van der Waals surface area (Å²) in [4.78, 5) is 37.6. The summed E-state index contributed by atoms with van der Waals surface area (Å²) in [5.74, 6) is -0.318. The first kappa shape index (κ1) is 12.8. The highest BCUT2D eigenvalue weighted by Gasteiger charge is 2.30. The Bertz CT molecular complexity index is 577. The molecule has 0 aromatic carbocycles. The van der Waals surface area contributed by atoms with E-state index in [2.05, 4.69) is 11.9 Å². The van der Waals surface area contributed by atoms with Gasteiger partial charge >= 0.3 is 5.69 Å². The lowest BCUT2D eigenvalue weighted by Crippen LogP contribution is -2.41. The maximum Gasteiger partial charge on any atom is 0.328 e. The van der Waals surface area contributed by atoms with Crippen molar-refractivity contribution in [3.05, 3.63) is 32.6 Å². The predicted octanol–water partition coefficient (Wildman–Crippen LogP) is 1.32. The average Bonchev–Trinajstić information content (AvgIpc) is 2.71. The van der Waals surface area contributed by atoms with Crippen LogP contribution < -0.4 is 11.2 Å². The number of Topliss-reactive ketones (excluding diaryl/α,β-unsaturated/α-hetero) is 1. The van der Waals surface area contributed by atoms with E-state index in [1.165, 1.54) is 17.7 Å². The Morgan fingerprint density at radius 1 is 1.39 bits per heavy atom. The van der Waals surface area contributed by atoms with Gasteiger partial charge in [-0.3, -0.25) is 14.2 Å². The lowest BCUT2D eigenvalue weighted by Gasteiger charge is -2.23. The Labute approximate surface area is 105 Å². The summed E-state index contributed by atoms with van der Waals surface area (Å²) in [6, 6.07) is 0. The zero-order valence-corrected chi connectivity index (χ0v) is 10.8. The maximum atomic E-state index is 12.1. The minimum Gasteiger partial charge on any atom is -0.313 e. The van der Waals surface area contributed by atoms with Crippen LogP contribution in [0.4, 0.5) is 0 Å². The molecule has 1 aromatic heterocycles. The molecule has 0 atom stereocenters. The zero-order chi connectivity index (χ0) is 13.3. The molecule has 1 fully saturated rings. The molecule has 2 rings (SSSR count). The van der Waals surface area contributed by atoms with E-state index in [-0.39, 0.29) is 16.8 Å². The van der Waals surface area contributed by atoms with Gasteiger partial charge in [0.05, 0.1) is 5.56 Å². The normalized spacial score (nSPS) is 17.9. The van der Waals surface area contributed by atoms with Crippen molar-refractivity contribution in [1.82, 2.24) is 9.55 Å². The molecule has 1 aliphatic rings. The molecule has 98 valence electrons. The first-order valence-corrected chi connectivity index (χ1v) is 6.26. The van der Waals surface area contributed by atoms with Gasteiger partial charge in [0.25, 0.3) is 5.56 Å². The number of H-pyrrole nitrogens is 1. The lowest BCUT2D eigenvalue weighted by molar-refractivity contribution is 0.101. The summed E-state index contributed by atoms with van der Waals surface area (Å²) in [5.41, 5.74) is -0.861. The van der Waals surface area contributed by atoms with Crippen LogP contribution in [0.3, 0.4) is 0 Å². The number of nitrogens with zero attached hydrogens (tertiary/aromatic N) is 1. The van der Waals surface area contributed by atoms with Gasteiger partial charge in [-0.25, -0.2) is 4.79 Å². The molecule has 1 aliphatic carbocycles.